The van der Waals surface area contributed by atoms with Crippen molar-refractivity contribution < 1.29 is 4.79 Å². The summed E-state index contributed by atoms with van der Waals surface area (Å²) >= 11 is 6.43. The first-order chi connectivity index (χ1) is 9.58. The molecule has 0 saturated carbocycles. The van der Waals surface area contributed by atoms with Crippen LogP contribution in [-0.2, 0) is 4.79 Å². The van der Waals surface area contributed by atoms with Crippen molar-refractivity contribution in [3.8, 4) is 0 Å². The van der Waals surface area contributed by atoms with E-state index in [1.54, 1.807) is 0 Å². The summed E-state index contributed by atoms with van der Waals surface area (Å²) in [6.45, 7) is 3.62. The lowest BCUT2D eigenvalue weighted by atomic mass is 9.91. The van der Waals surface area contributed by atoms with Crippen molar-refractivity contribution in [2.24, 2.45) is 11.7 Å². The Bertz CT molecular complexity index is 532. The van der Waals surface area contributed by atoms with Gasteiger partial charge < -0.3 is 16.0 Å². The Morgan fingerprint density at radius 2 is 2.30 bits per heavy atom. The zero-order valence-corrected chi connectivity index (χ0v) is 12.4. The number of piperidine rings is 1. The topological polar surface area (TPSA) is 58.4 Å². The molecule has 1 amide bonds. The number of nitrogens with one attached hydrogen (secondary N) is 1. The summed E-state index contributed by atoms with van der Waals surface area (Å²) in [5, 5.41) is 3.69. The van der Waals surface area contributed by atoms with Crippen molar-refractivity contribution in [1.29, 1.82) is 0 Å². The number of hydrogen-bond donors (Lipinski definition) is 2. The van der Waals surface area contributed by atoms with Crippen LogP contribution in [0.15, 0.2) is 18.2 Å². The van der Waals surface area contributed by atoms with Crippen molar-refractivity contribution in [3.05, 3.63) is 28.8 Å². The molecular formula is C15H20ClN3O. The Morgan fingerprint density at radius 1 is 1.50 bits per heavy atom. The predicted octanol–water partition coefficient (Wildman–Crippen LogP) is 2.07. The predicted molar refractivity (Wildman–Crippen MR) is 80.9 cm³/mol. The van der Waals surface area contributed by atoms with Crippen LogP contribution in [-0.4, -0.2) is 25.0 Å². The van der Waals surface area contributed by atoms with E-state index in [4.69, 9.17) is 17.3 Å². The van der Waals surface area contributed by atoms with Crippen LogP contribution >= 0.6 is 11.6 Å². The number of carbonyl (C=O) groups is 1. The molecule has 2 fully saturated rings. The summed E-state index contributed by atoms with van der Waals surface area (Å²) < 4.78 is 0. The zero-order chi connectivity index (χ0) is 14.3. The van der Waals surface area contributed by atoms with Gasteiger partial charge in [0.1, 0.15) is 0 Å². The fraction of sp³-hybridized carbons (Fsp3) is 0.533. The van der Waals surface area contributed by atoms with E-state index in [0.717, 1.165) is 42.2 Å². The molecule has 0 bridgehead atoms. The Balaban J connectivity index is 1.90. The van der Waals surface area contributed by atoms with Gasteiger partial charge in [-0.05, 0) is 37.5 Å². The van der Waals surface area contributed by atoms with Gasteiger partial charge in [-0.3, -0.25) is 4.79 Å². The van der Waals surface area contributed by atoms with Crippen LogP contribution in [0.25, 0.3) is 0 Å². The summed E-state index contributed by atoms with van der Waals surface area (Å²) in [5.74, 6) is 0.288. The van der Waals surface area contributed by atoms with Gasteiger partial charge in [-0.15, -0.1) is 0 Å². The third-order valence-electron chi connectivity index (χ3n) is 4.41. The minimum Gasteiger partial charge on any atom is -0.365 e. The molecule has 1 aromatic rings. The number of carbonyl (C=O) groups excluding carboxylic acids is 1. The van der Waals surface area contributed by atoms with Gasteiger partial charge in [0.05, 0.1) is 22.7 Å². The van der Waals surface area contributed by atoms with Crippen LogP contribution in [0.1, 0.15) is 31.4 Å². The first-order valence-electron chi connectivity index (χ1n) is 7.17. The molecule has 0 aromatic heterocycles. The number of fused-ring (bicyclic) bond motifs is 1. The number of rotatable bonds is 2. The molecule has 2 aliphatic heterocycles. The molecule has 108 valence electrons. The molecule has 3 N–H and O–H groups in total. The normalized spacial score (nSPS) is 27.1. The minimum absolute atomic E-state index is 0.0228. The first kappa shape index (κ1) is 13.7. The highest BCUT2D eigenvalue weighted by atomic mass is 35.5. The smallest absolute Gasteiger partial charge is 0.225 e. The molecule has 2 aliphatic rings. The number of halogens is 1. The molecule has 0 radical (unpaired) electrons. The Morgan fingerprint density at radius 3 is 3.00 bits per heavy atom. The van der Waals surface area contributed by atoms with Gasteiger partial charge in [0.15, 0.2) is 0 Å². The van der Waals surface area contributed by atoms with Crippen LogP contribution in [0.4, 0.5) is 5.69 Å². The Kier molecular flexibility index (Phi) is 3.61. The summed E-state index contributed by atoms with van der Waals surface area (Å²) in [4.78, 5) is 14.1. The van der Waals surface area contributed by atoms with E-state index in [9.17, 15) is 4.79 Å². The van der Waals surface area contributed by atoms with E-state index < -0.39 is 0 Å². The van der Waals surface area contributed by atoms with Crippen molar-refractivity contribution >= 4 is 23.2 Å². The number of anilines is 1. The monoisotopic (exact) mass is 293 g/mol. The van der Waals surface area contributed by atoms with Crippen molar-refractivity contribution in [1.82, 2.24) is 5.32 Å². The van der Waals surface area contributed by atoms with E-state index in [0.29, 0.717) is 0 Å². The van der Waals surface area contributed by atoms with Crippen LogP contribution in [0.5, 0.6) is 0 Å². The van der Waals surface area contributed by atoms with Gasteiger partial charge in [0.25, 0.3) is 0 Å². The van der Waals surface area contributed by atoms with E-state index >= 15 is 0 Å². The van der Waals surface area contributed by atoms with Gasteiger partial charge in [-0.25, -0.2) is 0 Å². The largest absolute Gasteiger partial charge is 0.365 e. The van der Waals surface area contributed by atoms with Crippen LogP contribution in [0.3, 0.4) is 0 Å². The first-order valence-corrected chi connectivity index (χ1v) is 7.55. The third kappa shape index (κ3) is 2.27. The summed E-state index contributed by atoms with van der Waals surface area (Å²) in [7, 11) is 0. The SMILES string of the molecule is C[C@H](N)c1ccc(N2CCCC3C(=O)NCC32)c(Cl)c1. The lowest BCUT2D eigenvalue weighted by Gasteiger charge is -2.38. The number of hydrogen-bond acceptors (Lipinski definition) is 3. The molecular weight excluding hydrogens is 274 g/mol. The number of nitrogens with two attached hydrogens (primary N) is 1. The summed E-state index contributed by atoms with van der Waals surface area (Å²) in [6.07, 6.45) is 2.00. The zero-order valence-electron chi connectivity index (χ0n) is 11.6. The van der Waals surface area contributed by atoms with Crippen LogP contribution in [0.2, 0.25) is 5.02 Å². The molecule has 3 atom stereocenters. The second-order valence-corrected chi connectivity index (χ2v) is 6.16. The van der Waals surface area contributed by atoms with Crippen molar-refractivity contribution in [2.45, 2.75) is 31.8 Å². The molecule has 2 saturated heterocycles. The molecule has 20 heavy (non-hydrogen) atoms. The van der Waals surface area contributed by atoms with Gasteiger partial charge in [-0.1, -0.05) is 17.7 Å². The molecule has 5 heteroatoms. The number of nitrogens with zero attached hydrogens (tertiary/aromatic N) is 1. The fourth-order valence-electron chi connectivity index (χ4n) is 3.29. The average molecular weight is 294 g/mol. The molecule has 2 heterocycles. The van der Waals surface area contributed by atoms with Crippen LogP contribution in [0, 0.1) is 5.92 Å². The van der Waals surface area contributed by atoms with E-state index in [-0.39, 0.29) is 23.9 Å². The lowest BCUT2D eigenvalue weighted by Crippen LogP contribution is -2.45. The molecule has 3 rings (SSSR count). The second kappa shape index (κ2) is 5.26. The van der Waals surface area contributed by atoms with Crippen LogP contribution < -0.4 is 16.0 Å². The van der Waals surface area contributed by atoms with E-state index in [2.05, 4.69) is 10.2 Å². The highest BCUT2D eigenvalue weighted by molar-refractivity contribution is 6.33. The Labute approximate surface area is 124 Å². The molecule has 0 aliphatic carbocycles. The maximum absolute atomic E-state index is 11.8. The van der Waals surface area contributed by atoms with Gasteiger partial charge in [0.2, 0.25) is 5.91 Å². The van der Waals surface area contributed by atoms with Gasteiger partial charge in [0, 0.05) is 19.1 Å². The van der Waals surface area contributed by atoms with E-state index in [1.165, 1.54) is 0 Å². The highest BCUT2D eigenvalue weighted by Crippen LogP contribution is 2.36. The standard InChI is InChI=1S/C15H20ClN3O/c1-9(17)10-4-5-13(12(16)7-10)19-6-2-3-11-14(19)8-18-15(11)20/h4-5,7,9,11,14H,2-3,6,8,17H2,1H3,(H,18,20)/t9-,11?,14?/m0/s1. The fourth-order valence-corrected chi connectivity index (χ4v) is 3.59. The maximum Gasteiger partial charge on any atom is 0.225 e. The second-order valence-electron chi connectivity index (χ2n) is 5.75. The number of benzene rings is 1. The van der Waals surface area contributed by atoms with Gasteiger partial charge in [-0.2, -0.15) is 0 Å². The molecule has 0 spiro atoms. The van der Waals surface area contributed by atoms with E-state index in [1.807, 2.05) is 25.1 Å². The molecule has 1 aromatic carbocycles. The third-order valence-corrected chi connectivity index (χ3v) is 4.71. The quantitative estimate of drug-likeness (QED) is 0.878. The maximum atomic E-state index is 11.8. The Hall–Kier alpha value is -1.26. The molecule has 2 unspecified atom stereocenters. The highest BCUT2D eigenvalue weighted by Gasteiger charge is 2.41. The minimum atomic E-state index is -0.0228. The average Bonchev–Trinajstić information content (AvgIpc) is 2.81. The van der Waals surface area contributed by atoms with Crippen molar-refractivity contribution in [2.75, 3.05) is 18.0 Å². The lowest BCUT2D eigenvalue weighted by molar-refractivity contribution is -0.122. The van der Waals surface area contributed by atoms with Gasteiger partial charge >= 0.3 is 0 Å². The van der Waals surface area contributed by atoms with Crippen molar-refractivity contribution in [3.63, 3.8) is 0 Å². The number of amides is 1. The summed E-state index contributed by atoms with van der Waals surface area (Å²) in [5.41, 5.74) is 7.94. The summed E-state index contributed by atoms with van der Waals surface area (Å²) in [6, 6.07) is 6.21. The molecule has 4 nitrogen and oxygen atoms in total.